The highest BCUT2D eigenvalue weighted by Gasteiger charge is 2.52. The zero-order valence-electron chi connectivity index (χ0n) is 21.6. The van der Waals surface area contributed by atoms with E-state index in [9.17, 15) is 18.4 Å². The zero-order valence-corrected chi connectivity index (χ0v) is 22.4. The monoisotopic (exact) mass is 530 g/mol. The predicted molar refractivity (Wildman–Crippen MR) is 140 cm³/mol. The van der Waals surface area contributed by atoms with Crippen LogP contribution < -0.4 is 10.2 Å². The van der Waals surface area contributed by atoms with Gasteiger partial charge in [-0.15, -0.1) is 0 Å². The number of hydrogen-bond acceptors (Lipinski definition) is 8. The number of carbonyl (C=O) groups excluding carboxylic acids is 1. The van der Waals surface area contributed by atoms with Crippen LogP contribution in [0.3, 0.4) is 0 Å². The van der Waals surface area contributed by atoms with E-state index < -0.39 is 20.5 Å². The summed E-state index contributed by atoms with van der Waals surface area (Å²) < 4.78 is 31.4. The molecular formula is C27H38N4O5S. The van der Waals surface area contributed by atoms with Gasteiger partial charge in [0, 0.05) is 18.7 Å². The number of nitrogens with zero attached hydrogens (tertiary/aromatic N) is 3. The number of piperidine rings is 1. The molecule has 0 radical (unpaired) electrons. The molecule has 2 aromatic rings. The van der Waals surface area contributed by atoms with Gasteiger partial charge in [0.05, 0.1) is 29.6 Å². The molecule has 0 unspecified atom stereocenters. The molecule has 0 bridgehead atoms. The first-order chi connectivity index (χ1) is 17.9. The van der Waals surface area contributed by atoms with Gasteiger partial charge in [-0.2, -0.15) is 0 Å². The molecule has 1 aliphatic heterocycles. The number of nitrogens with one attached hydrogen (secondary N) is 1. The van der Waals surface area contributed by atoms with Crippen LogP contribution in [0, 0.1) is 5.92 Å². The summed E-state index contributed by atoms with van der Waals surface area (Å²) in [5, 5.41) is 9.39. The Morgan fingerprint density at radius 2 is 1.84 bits per heavy atom. The standard InChI is InChI=1S/C27H38N4O5S/c1-2-3-15-31-16-13-27(14-17-31,26(32)30-33)37(34,35)23-10-8-22(9-11-23)24-19-29-25(20-28-24)36-18-12-21-6-4-5-7-21/h8-11,19-21,33H,2-7,12-18H2,1H3,(H,30,32). The number of hydroxylamine groups is 1. The van der Waals surface area contributed by atoms with E-state index in [0.717, 1.165) is 31.7 Å². The molecular weight excluding hydrogens is 492 g/mol. The number of ether oxygens (including phenoxy) is 1. The first-order valence-electron chi connectivity index (χ1n) is 13.4. The van der Waals surface area contributed by atoms with E-state index in [-0.39, 0.29) is 17.7 Å². The third-order valence-corrected chi connectivity index (χ3v) is 10.4. The summed E-state index contributed by atoms with van der Waals surface area (Å²) in [6.07, 6.45) is 11.7. The van der Waals surface area contributed by atoms with Gasteiger partial charge in [0.2, 0.25) is 5.88 Å². The van der Waals surface area contributed by atoms with Crippen LogP contribution in [-0.2, 0) is 14.6 Å². The first kappa shape index (κ1) is 27.5. The lowest BCUT2D eigenvalue weighted by Gasteiger charge is -2.39. The minimum atomic E-state index is -4.06. The Kier molecular flexibility index (Phi) is 9.15. The van der Waals surface area contributed by atoms with E-state index >= 15 is 0 Å². The maximum absolute atomic E-state index is 13.7. The molecule has 1 saturated heterocycles. The van der Waals surface area contributed by atoms with Crippen LogP contribution in [0.2, 0.25) is 0 Å². The summed E-state index contributed by atoms with van der Waals surface area (Å²) in [7, 11) is -4.06. The van der Waals surface area contributed by atoms with Crippen molar-refractivity contribution >= 4 is 15.7 Å². The number of rotatable bonds is 11. The molecule has 2 aliphatic rings. The van der Waals surface area contributed by atoms with E-state index in [1.807, 2.05) is 0 Å². The van der Waals surface area contributed by atoms with Gasteiger partial charge >= 0.3 is 0 Å². The van der Waals surface area contributed by atoms with Crippen LogP contribution in [0.15, 0.2) is 41.6 Å². The molecule has 1 amide bonds. The molecule has 0 atom stereocenters. The van der Waals surface area contributed by atoms with Gasteiger partial charge in [-0.05, 0) is 50.3 Å². The molecule has 37 heavy (non-hydrogen) atoms. The van der Waals surface area contributed by atoms with Crippen LogP contribution in [0.1, 0.15) is 64.7 Å². The Balaban J connectivity index is 1.44. The molecule has 2 N–H and O–H groups in total. The van der Waals surface area contributed by atoms with Crippen LogP contribution in [0.5, 0.6) is 5.88 Å². The topological polar surface area (TPSA) is 122 Å². The van der Waals surface area contributed by atoms with E-state index in [0.29, 0.717) is 36.8 Å². The number of aromatic nitrogens is 2. The highest BCUT2D eigenvalue weighted by Crippen LogP contribution is 2.36. The number of amides is 1. The molecule has 2 heterocycles. The van der Waals surface area contributed by atoms with Gasteiger partial charge in [0.25, 0.3) is 5.91 Å². The normalized spacial score (nSPS) is 18.5. The molecule has 202 valence electrons. The van der Waals surface area contributed by atoms with Crippen LogP contribution >= 0.6 is 0 Å². The lowest BCUT2D eigenvalue weighted by molar-refractivity contribution is -0.133. The fourth-order valence-electron chi connectivity index (χ4n) is 5.44. The van der Waals surface area contributed by atoms with Gasteiger partial charge in [-0.25, -0.2) is 23.9 Å². The van der Waals surface area contributed by atoms with E-state index in [2.05, 4.69) is 21.8 Å². The van der Waals surface area contributed by atoms with E-state index in [1.165, 1.54) is 37.8 Å². The summed E-state index contributed by atoms with van der Waals surface area (Å²) in [6.45, 7) is 4.57. The van der Waals surface area contributed by atoms with Crippen molar-refractivity contribution in [1.29, 1.82) is 0 Å². The number of unbranched alkanes of at least 4 members (excludes halogenated alkanes) is 1. The second-order valence-electron chi connectivity index (χ2n) is 10.2. The fraction of sp³-hybridized carbons (Fsp3) is 0.593. The number of likely N-dealkylation sites (tertiary alicyclic amines) is 1. The summed E-state index contributed by atoms with van der Waals surface area (Å²) in [6, 6.07) is 6.32. The highest BCUT2D eigenvalue weighted by atomic mass is 32.2. The minimum Gasteiger partial charge on any atom is -0.477 e. The number of sulfone groups is 1. The van der Waals surface area contributed by atoms with Gasteiger partial charge in [-0.1, -0.05) is 51.2 Å². The number of benzene rings is 1. The smallest absolute Gasteiger partial charge is 0.265 e. The molecule has 9 nitrogen and oxygen atoms in total. The fourth-order valence-corrected chi connectivity index (χ4v) is 7.39. The third kappa shape index (κ3) is 6.13. The van der Waals surface area contributed by atoms with Crippen molar-refractivity contribution < 1.29 is 23.2 Å². The maximum Gasteiger partial charge on any atom is 0.265 e. The second kappa shape index (κ2) is 12.3. The lowest BCUT2D eigenvalue weighted by atomic mass is 9.94. The Morgan fingerprint density at radius 1 is 1.14 bits per heavy atom. The van der Waals surface area contributed by atoms with Crippen molar-refractivity contribution in [2.24, 2.45) is 5.92 Å². The Morgan fingerprint density at radius 3 is 2.43 bits per heavy atom. The molecule has 0 spiro atoms. The third-order valence-electron chi connectivity index (χ3n) is 7.86. The minimum absolute atomic E-state index is 0.0432. The SMILES string of the molecule is CCCCN1CCC(C(=O)NO)(S(=O)(=O)c2ccc(-c3cnc(OCCC4CCCC4)cn3)cc2)CC1. The van der Waals surface area contributed by atoms with Crippen molar-refractivity contribution in [2.45, 2.75) is 74.4 Å². The molecule has 4 rings (SSSR count). The summed E-state index contributed by atoms with van der Waals surface area (Å²) in [4.78, 5) is 23.7. The highest BCUT2D eigenvalue weighted by molar-refractivity contribution is 7.93. The number of hydrogen-bond donors (Lipinski definition) is 2. The molecule has 2 fully saturated rings. The van der Waals surface area contributed by atoms with Gasteiger partial charge < -0.3 is 9.64 Å². The van der Waals surface area contributed by atoms with Crippen molar-refractivity contribution in [3.63, 3.8) is 0 Å². The second-order valence-corrected chi connectivity index (χ2v) is 12.4. The summed E-state index contributed by atoms with van der Waals surface area (Å²) in [5.74, 6) is 0.350. The molecule has 1 aliphatic carbocycles. The average Bonchev–Trinajstić information content (AvgIpc) is 3.46. The van der Waals surface area contributed by atoms with Gasteiger partial charge in [0.1, 0.15) is 0 Å². The molecule has 1 saturated carbocycles. The Hall–Kier alpha value is -2.56. The van der Waals surface area contributed by atoms with Crippen LogP contribution in [-0.4, -0.2) is 65.4 Å². The molecule has 10 heteroatoms. The summed E-state index contributed by atoms with van der Waals surface area (Å²) >= 11 is 0. The van der Waals surface area contributed by atoms with Gasteiger partial charge in [0.15, 0.2) is 14.6 Å². The van der Waals surface area contributed by atoms with Crippen molar-refractivity contribution in [3.05, 3.63) is 36.7 Å². The summed E-state index contributed by atoms with van der Waals surface area (Å²) in [5.41, 5.74) is 2.92. The predicted octanol–water partition coefficient (Wildman–Crippen LogP) is 4.02. The maximum atomic E-state index is 13.7. The van der Waals surface area contributed by atoms with E-state index in [4.69, 9.17) is 4.74 Å². The van der Waals surface area contributed by atoms with Crippen LogP contribution in [0.25, 0.3) is 11.3 Å². The Labute approximate surface area is 219 Å². The quantitative estimate of drug-likeness (QED) is 0.330. The molecule has 1 aromatic carbocycles. The van der Waals surface area contributed by atoms with E-state index in [1.54, 1.807) is 30.0 Å². The average molecular weight is 531 g/mol. The van der Waals surface area contributed by atoms with Crippen LogP contribution in [0.4, 0.5) is 0 Å². The molecule has 1 aromatic heterocycles. The first-order valence-corrected chi connectivity index (χ1v) is 14.8. The lowest BCUT2D eigenvalue weighted by Crippen LogP contribution is -2.57. The van der Waals surface area contributed by atoms with Gasteiger partial charge in [-0.3, -0.25) is 10.0 Å². The number of carbonyl (C=O) groups is 1. The van der Waals surface area contributed by atoms with Crippen molar-refractivity contribution in [3.8, 4) is 17.1 Å². The van der Waals surface area contributed by atoms with Crippen molar-refractivity contribution in [1.82, 2.24) is 20.3 Å². The van der Waals surface area contributed by atoms with Crippen molar-refractivity contribution in [2.75, 3.05) is 26.2 Å². The zero-order chi connectivity index (χ0) is 26.3. The largest absolute Gasteiger partial charge is 0.477 e. The Bertz CT molecular complexity index is 1120.